The SMILES string of the molecule is C#CCCC1(CCC(=O)N2C3CCC2CC2(CC2)C3)N=N1. The van der Waals surface area contributed by atoms with Crippen LogP contribution in [0.2, 0.25) is 0 Å². The van der Waals surface area contributed by atoms with Crippen LogP contribution in [0.5, 0.6) is 0 Å². The average molecular weight is 285 g/mol. The maximum Gasteiger partial charge on any atom is 0.223 e. The Kier molecular flexibility index (Phi) is 2.89. The molecule has 1 saturated carbocycles. The number of amides is 1. The van der Waals surface area contributed by atoms with E-state index in [1.165, 1.54) is 38.5 Å². The van der Waals surface area contributed by atoms with Crippen LogP contribution in [0.25, 0.3) is 0 Å². The molecule has 0 aromatic carbocycles. The van der Waals surface area contributed by atoms with Gasteiger partial charge in [-0.3, -0.25) is 4.79 Å². The number of nitrogens with zero attached hydrogens (tertiary/aromatic N) is 3. The van der Waals surface area contributed by atoms with Crippen molar-refractivity contribution in [3.05, 3.63) is 0 Å². The highest BCUT2D eigenvalue weighted by Gasteiger charge is 2.55. The zero-order chi connectivity index (χ0) is 14.5. The number of carbonyl (C=O) groups is 1. The van der Waals surface area contributed by atoms with E-state index in [2.05, 4.69) is 21.0 Å². The molecule has 4 rings (SSSR count). The zero-order valence-corrected chi connectivity index (χ0v) is 12.6. The van der Waals surface area contributed by atoms with E-state index in [4.69, 9.17) is 6.42 Å². The van der Waals surface area contributed by atoms with E-state index in [0.717, 1.165) is 12.8 Å². The number of carbonyl (C=O) groups excluding carboxylic acids is 1. The van der Waals surface area contributed by atoms with Crippen LogP contribution < -0.4 is 0 Å². The second-order valence-corrected chi connectivity index (χ2v) is 7.48. The van der Waals surface area contributed by atoms with Crippen LogP contribution in [0.15, 0.2) is 10.2 Å². The van der Waals surface area contributed by atoms with Gasteiger partial charge in [0.1, 0.15) is 0 Å². The Morgan fingerprint density at radius 2 is 1.86 bits per heavy atom. The normalized spacial score (nSPS) is 33.0. The minimum Gasteiger partial charge on any atom is -0.337 e. The monoisotopic (exact) mass is 285 g/mol. The average Bonchev–Trinajstić information content (AvgIpc) is 3.38. The molecule has 0 aromatic heterocycles. The molecule has 3 heterocycles. The summed E-state index contributed by atoms with van der Waals surface area (Å²) in [4.78, 5) is 14.9. The minimum atomic E-state index is -0.311. The second-order valence-electron chi connectivity index (χ2n) is 7.48. The molecule has 0 N–H and O–H groups in total. The fourth-order valence-corrected chi connectivity index (χ4v) is 4.54. The van der Waals surface area contributed by atoms with Gasteiger partial charge in [0.25, 0.3) is 0 Å². The van der Waals surface area contributed by atoms with Crippen molar-refractivity contribution in [2.45, 2.75) is 82.0 Å². The molecule has 2 unspecified atom stereocenters. The van der Waals surface area contributed by atoms with Crippen molar-refractivity contribution in [1.29, 1.82) is 0 Å². The molecule has 3 fully saturated rings. The third kappa shape index (κ3) is 2.37. The molecule has 2 bridgehead atoms. The molecule has 0 aromatic rings. The number of terminal acetylenes is 1. The Morgan fingerprint density at radius 3 is 2.38 bits per heavy atom. The molecular weight excluding hydrogens is 262 g/mol. The number of fused-ring (bicyclic) bond motifs is 2. The number of hydrogen-bond donors (Lipinski definition) is 0. The lowest BCUT2D eigenvalue weighted by atomic mass is 9.87. The standard InChI is InChI=1S/C17H23N3O/c1-2-3-7-17(18-19-17)8-6-15(21)20-13-4-5-14(20)12-16(11-13)9-10-16/h1,13-14H,3-12H2. The first-order valence-electron chi connectivity index (χ1n) is 8.34. The van der Waals surface area contributed by atoms with Gasteiger partial charge in [0.05, 0.1) is 0 Å². The molecule has 112 valence electrons. The number of hydrogen-bond acceptors (Lipinski definition) is 3. The third-order valence-electron chi connectivity index (χ3n) is 5.99. The zero-order valence-electron chi connectivity index (χ0n) is 12.6. The topological polar surface area (TPSA) is 45.0 Å². The lowest BCUT2D eigenvalue weighted by Crippen LogP contribution is -2.47. The van der Waals surface area contributed by atoms with Crippen molar-refractivity contribution in [1.82, 2.24) is 4.90 Å². The van der Waals surface area contributed by atoms with E-state index in [0.29, 0.717) is 36.2 Å². The van der Waals surface area contributed by atoms with Crippen LogP contribution in [0.1, 0.15) is 64.2 Å². The van der Waals surface area contributed by atoms with Gasteiger partial charge in [-0.25, -0.2) is 0 Å². The highest BCUT2D eigenvalue weighted by molar-refractivity contribution is 5.77. The Morgan fingerprint density at radius 1 is 1.19 bits per heavy atom. The maximum absolute atomic E-state index is 12.6. The first-order valence-corrected chi connectivity index (χ1v) is 8.34. The van der Waals surface area contributed by atoms with Gasteiger partial charge in [0.2, 0.25) is 5.91 Å². The quantitative estimate of drug-likeness (QED) is 0.715. The number of piperidine rings is 1. The molecule has 1 amide bonds. The Hall–Kier alpha value is -1.37. The Labute approximate surface area is 126 Å². The van der Waals surface area contributed by atoms with Crippen molar-refractivity contribution in [3.8, 4) is 12.3 Å². The molecule has 4 aliphatic rings. The molecule has 3 aliphatic heterocycles. The summed E-state index contributed by atoms with van der Waals surface area (Å²) in [5.41, 5.74) is 0.326. The van der Waals surface area contributed by atoms with E-state index >= 15 is 0 Å². The molecular formula is C17H23N3O. The molecule has 0 radical (unpaired) electrons. The Balaban J connectivity index is 1.33. The van der Waals surface area contributed by atoms with Crippen LogP contribution in [0.4, 0.5) is 0 Å². The van der Waals surface area contributed by atoms with Gasteiger partial charge in [0.15, 0.2) is 5.66 Å². The van der Waals surface area contributed by atoms with Crippen molar-refractivity contribution < 1.29 is 4.79 Å². The predicted molar refractivity (Wildman–Crippen MR) is 79.4 cm³/mol. The fourth-order valence-electron chi connectivity index (χ4n) is 4.54. The summed E-state index contributed by atoms with van der Waals surface area (Å²) in [5.74, 6) is 2.97. The summed E-state index contributed by atoms with van der Waals surface area (Å²) in [5, 5.41) is 8.27. The molecule has 4 heteroatoms. The summed E-state index contributed by atoms with van der Waals surface area (Å²) in [6.45, 7) is 0. The summed E-state index contributed by atoms with van der Waals surface area (Å²) >= 11 is 0. The smallest absolute Gasteiger partial charge is 0.223 e. The van der Waals surface area contributed by atoms with Crippen LogP contribution in [-0.4, -0.2) is 28.6 Å². The van der Waals surface area contributed by atoms with Gasteiger partial charge in [-0.2, -0.15) is 10.2 Å². The highest BCUT2D eigenvalue weighted by Crippen LogP contribution is 2.60. The lowest BCUT2D eigenvalue weighted by molar-refractivity contribution is -0.137. The van der Waals surface area contributed by atoms with E-state index in [1.807, 2.05) is 0 Å². The van der Waals surface area contributed by atoms with Crippen molar-refractivity contribution in [2.24, 2.45) is 15.6 Å². The molecule has 1 aliphatic carbocycles. The van der Waals surface area contributed by atoms with E-state index in [-0.39, 0.29) is 5.66 Å². The third-order valence-corrected chi connectivity index (χ3v) is 5.99. The van der Waals surface area contributed by atoms with Crippen LogP contribution in [0, 0.1) is 17.8 Å². The predicted octanol–water partition coefficient (Wildman–Crippen LogP) is 3.28. The van der Waals surface area contributed by atoms with Crippen LogP contribution in [0.3, 0.4) is 0 Å². The highest BCUT2D eigenvalue weighted by atomic mass is 16.2. The first kappa shape index (κ1) is 13.3. The van der Waals surface area contributed by atoms with Gasteiger partial charge in [-0.15, -0.1) is 12.3 Å². The van der Waals surface area contributed by atoms with E-state index in [1.54, 1.807) is 0 Å². The van der Waals surface area contributed by atoms with Crippen LogP contribution in [-0.2, 0) is 4.79 Å². The summed E-state index contributed by atoms with van der Waals surface area (Å²) in [7, 11) is 0. The summed E-state index contributed by atoms with van der Waals surface area (Å²) in [6.07, 6.45) is 15.9. The van der Waals surface area contributed by atoms with Crippen molar-refractivity contribution in [3.63, 3.8) is 0 Å². The lowest BCUT2D eigenvalue weighted by Gasteiger charge is -2.39. The van der Waals surface area contributed by atoms with Gasteiger partial charge in [0, 0.05) is 37.8 Å². The Bertz CT molecular complexity index is 507. The number of rotatable bonds is 5. The largest absolute Gasteiger partial charge is 0.337 e. The second kappa shape index (κ2) is 4.56. The van der Waals surface area contributed by atoms with Crippen molar-refractivity contribution >= 4 is 5.91 Å². The van der Waals surface area contributed by atoms with Crippen LogP contribution >= 0.6 is 0 Å². The van der Waals surface area contributed by atoms with E-state index in [9.17, 15) is 4.79 Å². The van der Waals surface area contributed by atoms with Gasteiger partial charge >= 0.3 is 0 Å². The summed E-state index contributed by atoms with van der Waals surface area (Å²) < 4.78 is 0. The molecule has 2 atom stereocenters. The first-order chi connectivity index (χ1) is 10.2. The van der Waals surface area contributed by atoms with Gasteiger partial charge < -0.3 is 4.90 Å². The van der Waals surface area contributed by atoms with Gasteiger partial charge in [-0.05, 0) is 43.9 Å². The van der Waals surface area contributed by atoms with E-state index < -0.39 is 0 Å². The summed E-state index contributed by atoms with van der Waals surface area (Å²) in [6, 6.07) is 1.04. The fraction of sp³-hybridized carbons (Fsp3) is 0.824. The molecule has 2 saturated heterocycles. The molecule has 1 spiro atoms. The molecule has 21 heavy (non-hydrogen) atoms. The minimum absolute atomic E-state index is 0.311. The van der Waals surface area contributed by atoms with Gasteiger partial charge in [-0.1, -0.05) is 0 Å². The van der Waals surface area contributed by atoms with Crippen molar-refractivity contribution in [2.75, 3.05) is 0 Å². The maximum atomic E-state index is 12.6. The molecule has 4 nitrogen and oxygen atoms in total.